The zero-order chi connectivity index (χ0) is 15.1. The van der Waals surface area contributed by atoms with Gasteiger partial charge in [0.15, 0.2) is 0 Å². The molecule has 0 aliphatic carbocycles. The van der Waals surface area contributed by atoms with E-state index in [-0.39, 0.29) is 5.12 Å². The van der Waals surface area contributed by atoms with Crippen molar-refractivity contribution in [2.75, 3.05) is 13.4 Å². The van der Waals surface area contributed by atoms with Crippen molar-refractivity contribution in [2.24, 2.45) is 0 Å². The van der Waals surface area contributed by atoms with E-state index in [0.29, 0.717) is 22.8 Å². The Labute approximate surface area is 127 Å². The predicted octanol–water partition coefficient (Wildman–Crippen LogP) is 3.15. The number of carbonyl (C=O) groups is 1. The van der Waals surface area contributed by atoms with Crippen LogP contribution in [-0.4, -0.2) is 28.4 Å². The summed E-state index contributed by atoms with van der Waals surface area (Å²) in [5, 5.41) is -0.101. The van der Waals surface area contributed by atoms with Crippen LogP contribution in [0.2, 0.25) is 0 Å². The summed E-state index contributed by atoms with van der Waals surface area (Å²) >= 11 is 1.11. The number of hydrogen-bond acceptors (Lipinski definition) is 6. The van der Waals surface area contributed by atoms with Crippen LogP contribution in [0.25, 0.3) is 5.57 Å². The highest BCUT2D eigenvalue weighted by molar-refractivity contribution is 8.14. The van der Waals surface area contributed by atoms with Crippen molar-refractivity contribution in [1.82, 2.24) is 9.97 Å². The second-order valence-corrected chi connectivity index (χ2v) is 4.68. The molecule has 0 N–H and O–H groups in total. The molecule has 2 rings (SSSR count). The molecule has 1 aromatic heterocycles. The summed E-state index contributed by atoms with van der Waals surface area (Å²) in [5.74, 6) is 0.938. The van der Waals surface area contributed by atoms with E-state index >= 15 is 0 Å². The molecule has 0 fully saturated rings. The Morgan fingerprint density at radius 3 is 2.76 bits per heavy atom. The Morgan fingerprint density at radius 1 is 1.29 bits per heavy atom. The third-order valence-electron chi connectivity index (χ3n) is 2.59. The number of hydrogen-bond donors (Lipinski definition) is 0. The fraction of sp³-hybridized carbons (Fsp3) is 0.133. The van der Waals surface area contributed by atoms with Crippen molar-refractivity contribution in [3.8, 4) is 11.6 Å². The number of benzene rings is 1. The van der Waals surface area contributed by atoms with Crippen LogP contribution in [0.1, 0.15) is 5.56 Å². The first-order chi connectivity index (χ1) is 10.3. The number of ether oxygens (including phenoxy) is 2. The van der Waals surface area contributed by atoms with Crippen LogP contribution in [0.15, 0.2) is 49.1 Å². The van der Waals surface area contributed by atoms with Gasteiger partial charge in [-0.1, -0.05) is 30.0 Å². The van der Waals surface area contributed by atoms with Crippen molar-refractivity contribution >= 4 is 22.5 Å². The number of thioether (sulfide) groups is 1. The van der Waals surface area contributed by atoms with Crippen LogP contribution in [0.5, 0.6) is 11.6 Å². The highest BCUT2D eigenvalue weighted by atomic mass is 32.2. The van der Waals surface area contributed by atoms with Gasteiger partial charge in [0.05, 0.1) is 18.9 Å². The van der Waals surface area contributed by atoms with E-state index in [1.165, 1.54) is 19.7 Å². The molecular weight excluding hydrogens is 288 g/mol. The van der Waals surface area contributed by atoms with Gasteiger partial charge in [0.1, 0.15) is 12.1 Å². The number of para-hydroxylation sites is 1. The number of aromatic nitrogens is 2. The van der Waals surface area contributed by atoms with E-state index < -0.39 is 0 Å². The highest BCUT2D eigenvalue weighted by Gasteiger charge is 2.16. The first kappa shape index (κ1) is 15.1. The summed E-state index contributed by atoms with van der Waals surface area (Å²) in [7, 11) is 1.50. The van der Waals surface area contributed by atoms with Crippen LogP contribution in [-0.2, 0) is 9.53 Å². The van der Waals surface area contributed by atoms with Crippen molar-refractivity contribution in [1.29, 1.82) is 0 Å². The molecule has 21 heavy (non-hydrogen) atoms. The number of carbonyl (C=O) groups excluding carboxylic acids is 1. The van der Waals surface area contributed by atoms with Crippen LogP contribution in [0.4, 0.5) is 0 Å². The van der Waals surface area contributed by atoms with Crippen molar-refractivity contribution in [3.63, 3.8) is 0 Å². The lowest BCUT2D eigenvalue weighted by Gasteiger charge is -2.11. The molecular formula is C15H14N2O3S. The minimum absolute atomic E-state index is 0.101. The minimum atomic E-state index is -0.101. The van der Waals surface area contributed by atoms with Crippen molar-refractivity contribution < 1.29 is 14.3 Å². The molecule has 0 atom stereocenters. The number of nitrogens with zero attached hydrogens (tertiary/aromatic N) is 2. The molecule has 0 radical (unpaired) electrons. The zero-order valence-corrected chi connectivity index (χ0v) is 12.5. The molecule has 0 spiro atoms. The van der Waals surface area contributed by atoms with E-state index in [4.69, 9.17) is 9.47 Å². The number of rotatable bonds is 5. The Kier molecular flexibility index (Phi) is 5.34. The maximum absolute atomic E-state index is 12.0. The average Bonchev–Trinajstić information content (AvgIpc) is 2.54. The summed E-state index contributed by atoms with van der Waals surface area (Å²) < 4.78 is 10.7. The smallest absolute Gasteiger partial charge is 0.222 e. The summed E-state index contributed by atoms with van der Waals surface area (Å²) in [4.78, 5) is 19.9. The van der Waals surface area contributed by atoms with Gasteiger partial charge in [0.2, 0.25) is 11.0 Å². The quantitative estimate of drug-likeness (QED) is 0.624. The standard InChI is InChI=1S/C15H14N2O3S/c1-19-9-12(15(18)21-2)11-5-3-4-6-13(11)20-14-7-8-16-10-17-14/h3-10H,1-2H3/b12-9+. The molecule has 6 heteroatoms. The van der Waals surface area contributed by atoms with Gasteiger partial charge in [-0.05, 0) is 12.3 Å². The van der Waals surface area contributed by atoms with Gasteiger partial charge in [0.25, 0.3) is 0 Å². The summed E-state index contributed by atoms with van der Waals surface area (Å²) in [6, 6.07) is 8.88. The van der Waals surface area contributed by atoms with Crippen molar-refractivity contribution in [2.45, 2.75) is 0 Å². The fourth-order valence-electron chi connectivity index (χ4n) is 1.68. The Balaban J connectivity index is 2.40. The Morgan fingerprint density at radius 2 is 2.10 bits per heavy atom. The van der Waals surface area contributed by atoms with E-state index in [9.17, 15) is 4.79 Å². The van der Waals surface area contributed by atoms with Crippen molar-refractivity contribution in [3.05, 3.63) is 54.7 Å². The Bertz CT molecular complexity index is 644. The van der Waals surface area contributed by atoms with E-state index in [1.54, 1.807) is 30.7 Å². The molecule has 2 aromatic rings. The SMILES string of the molecule is CO/C=C(/C(=O)SC)c1ccccc1Oc1ccncn1. The summed E-state index contributed by atoms with van der Waals surface area (Å²) in [6.07, 6.45) is 6.13. The first-order valence-electron chi connectivity index (χ1n) is 6.10. The van der Waals surface area contributed by atoms with Gasteiger partial charge in [-0.15, -0.1) is 0 Å². The van der Waals surface area contributed by atoms with E-state index in [1.807, 2.05) is 12.1 Å². The Hall–Kier alpha value is -2.34. The molecule has 5 nitrogen and oxygen atoms in total. The highest BCUT2D eigenvalue weighted by Crippen LogP contribution is 2.31. The lowest BCUT2D eigenvalue weighted by molar-refractivity contribution is -0.106. The molecule has 0 amide bonds. The normalized spacial score (nSPS) is 11.0. The van der Waals surface area contributed by atoms with Gasteiger partial charge < -0.3 is 9.47 Å². The van der Waals surface area contributed by atoms with Gasteiger partial charge in [-0.2, -0.15) is 0 Å². The fourth-order valence-corrected chi connectivity index (χ4v) is 2.06. The van der Waals surface area contributed by atoms with Crippen LogP contribution < -0.4 is 4.74 Å². The molecule has 1 aromatic carbocycles. The molecule has 0 bridgehead atoms. The zero-order valence-electron chi connectivity index (χ0n) is 11.6. The van der Waals surface area contributed by atoms with Crippen LogP contribution in [0.3, 0.4) is 0 Å². The van der Waals surface area contributed by atoms with Crippen LogP contribution >= 0.6 is 11.8 Å². The van der Waals surface area contributed by atoms with E-state index in [0.717, 1.165) is 11.8 Å². The molecule has 108 valence electrons. The minimum Gasteiger partial charge on any atom is -0.504 e. The molecule has 0 unspecified atom stereocenters. The van der Waals surface area contributed by atoms with Gasteiger partial charge >= 0.3 is 0 Å². The largest absolute Gasteiger partial charge is 0.504 e. The third kappa shape index (κ3) is 3.82. The number of methoxy groups -OCH3 is 1. The second-order valence-electron chi connectivity index (χ2n) is 3.90. The molecule has 0 saturated carbocycles. The monoisotopic (exact) mass is 302 g/mol. The summed E-state index contributed by atoms with van der Waals surface area (Å²) in [5.41, 5.74) is 1.09. The van der Waals surface area contributed by atoms with Gasteiger partial charge in [0, 0.05) is 17.8 Å². The maximum atomic E-state index is 12.0. The topological polar surface area (TPSA) is 61.3 Å². The van der Waals surface area contributed by atoms with Gasteiger partial charge in [-0.3, -0.25) is 4.79 Å². The molecule has 0 aliphatic heterocycles. The molecule has 1 heterocycles. The molecule has 0 aliphatic rings. The first-order valence-corrected chi connectivity index (χ1v) is 7.33. The summed E-state index contributed by atoms with van der Waals surface area (Å²) in [6.45, 7) is 0. The predicted molar refractivity (Wildman–Crippen MR) is 82.1 cm³/mol. The van der Waals surface area contributed by atoms with E-state index in [2.05, 4.69) is 9.97 Å². The lowest BCUT2D eigenvalue weighted by Crippen LogP contribution is -2.00. The maximum Gasteiger partial charge on any atom is 0.222 e. The van der Waals surface area contributed by atoms with Gasteiger partial charge in [-0.25, -0.2) is 9.97 Å². The molecule has 0 saturated heterocycles. The van der Waals surface area contributed by atoms with Crippen LogP contribution in [0, 0.1) is 0 Å². The second kappa shape index (κ2) is 7.44. The average molecular weight is 302 g/mol. The lowest BCUT2D eigenvalue weighted by atomic mass is 10.1. The third-order valence-corrected chi connectivity index (χ3v) is 3.18.